The third-order valence-corrected chi connectivity index (χ3v) is 12.2. The van der Waals surface area contributed by atoms with Crippen LogP contribution in [0.3, 0.4) is 0 Å². The third kappa shape index (κ3) is 5.88. The average Bonchev–Trinajstić information content (AvgIpc) is 3.59. The zero-order valence-electron chi connectivity index (χ0n) is 31.4. The molecule has 56 heavy (non-hydrogen) atoms. The van der Waals surface area contributed by atoms with E-state index in [1.807, 2.05) is 0 Å². The number of hydrogen-bond donors (Lipinski definition) is 0. The maximum atomic E-state index is 2.48. The Morgan fingerprint density at radius 2 is 1.02 bits per heavy atom. The van der Waals surface area contributed by atoms with Gasteiger partial charge >= 0.3 is 0 Å². The number of hydrogen-bond acceptors (Lipinski definition) is 1. The maximum Gasteiger partial charge on any atom is 0.0528 e. The fourth-order valence-corrected chi connectivity index (χ4v) is 9.53. The summed E-state index contributed by atoms with van der Waals surface area (Å²) in [5.41, 5.74) is 16.6. The van der Waals surface area contributed by atoms with Gasteiger partial charge in [-0.2, -0.15) is 0 Å². The molecule has 0 N–H and O–H groups in total. The molecule has 268 valence electrons. The number of para-hydroxylation sites is 1. The zero-order chi connectivity index (χ0) is 37.3. The maximum absolute atomic E-state index is 2.48. The van der Waals surface area contributed by atoms with Gasteiger partial charge in [0, 0.05) is 28.9 Å². The van der Waals surface area contributed by atoms with E-state index in [9.17, 15) is 0 Å². The van der Waals surface area contributed by atoms with Crippen LogP contribution in [-0.4, -0.2) is 0 Å². The van der Waals surface area contributed by atoms with Gasteiger partial charge in [0.2, 0.25) is 0 Å². The third-order valence-electron chi connectivity index (χ3n) is 12.2. The van der Waals surface area contributed by atoms with Gasteiger partial charge in [-0.3, -0.25) is 0 Å². The molecular weight excluding hydrogens is 675 g/mol. The van der Waals surface area contributed by atoms with Gasteiger partial charge in [0.05, 0.1) is 5.41 Å². The van der Waals surface area contributed by atoms with Crippen LogP contribution in [0.1, 0.15) is 52.1 Å². The lowest BCUT2D eigenvalue weighted by atomic mass is 9.63. The SMILES string of the molecule is C1=CC(c2ccc(C3=CCC4C(=C3)c3ccccc3C4(c3ccccc3)c3ccccc3)cc2)CC=C1N(c1ccccc1)c1ccc(-c2ccccc2)cc1. The lowest BCUT2D eigenvalue weighted by Crippen LogP contribution is -2.34. The fourth-order valence-electron chi connectivity index (χ4n) is 9.53. The highest BCUT2D eigenvalue weighted by atomic mass is 15.1. The molecule has 0 aliphatic heterocycles. The lowest BCUT2D eigenvalue weighted by Gasteiger charge is -2.39. The van der Waals surface area contributed by atoms with Crippen molar-refractivity contribution in [1.82, 2.24) is 0 Å². The first kappa shape index (κ1) is 33.8. The second kappa shape index (κ2) is 14.5. The van der Waals surface area contributed by atoms with Crippen LogP contribution in [-0.2, 0) is 5.41 Å². The highest BCUT2D eigenvalue weighted by molar-refractivity contribution is 5.92. The predicted molar refractivity (Wildman–Crippen MR) is 235 cm³/mol. The van der Waals surface area contributed by atoms with Gasteiger partial charge in [-0.25, -0.2) is 0 Å². The molecule has 0 aromatic heterocycles. The molecule has 2 unspecified atom stereocenters. The lowest BCUT2D eigenvalue weighted by molar-refractivity contribution is 0.485. The summed E-state index contributed by atoms with van der Waals surface area (Å²) in [6.45, 7) is 0. The molecule has 0 fully saturated rings. The van der Waals surface area contributed by atoms with Crippen LogP contribution in [0.2, 0.25) is 0 Å². The van der Waals surface area contributed by atoms with E-state index in [1.165, 1.54) is 61.4 Å². The molecule has 7 aromatic rings. The van der Waals surface area contributed by atoms with Crippen molar-refractivity contribution in [2.75, 3.05) is 4.90 Å². The number of rotatable bonds is 8. The molecule has 0 spiro atoms. The minimum Gasteiger partial charge on any atom is -0.311 e. The van der Waals surface area contributed by atoms with Gasteiger partial charge in [0.15, 0.2) is 0 Å². The Labute approximate surface area is 331 Å². The van der Waals surface area contributed by atoms with Gasteiger partial charge in [-0.05, 0) is 98.8 Å². The Hall–Kier alpha value is -6.70. The smallest absolute Gasteiger partial charge is 0.0528 e. The Morgan fingerprint density at radius 3 is 1.66 bits per heavy atom. The van der Waals surface area contributed by atoms with E-state index >= 15 is 0 Å². The van der Waals surface area contributed by atoms with Crippen molar-refractivity contribution < 1.29 is 0 Å². The summed E-state index contributed by atoms with van der Waals surface area (Å²) in [5.74, 6) is 0.645. The Kier molecular flexibility index (Phi) is 8.77. The van der Waals surface area contributed by atoms with E-state index in [4.69, 9.17) is 0 Å². The van der Waals surface area contributed by atoms with Crippen molar-refractivity contribution >= 4 is 22.5 Å². The Bertz CT molecular complexity index is 2560. The highest BCUT2D eigenvalue weighted by Gasteiger charge is 2.51. The van der Waals surface area contributed by atoms with E-state index in [-0.39, 0.29) is 5.41 Å². The molecule has 0 saturated carbocycles. The zero-order valence-corrected chi connectivity index (χ0v) is 31.4. The average molecular weight is 718 g/mol. The first-order valence-electron chi connectivity index (χ1n) is 19.9. The van der Waals surface area contributed by atoms with Gasteiger partial charge in [0.1, 0.15) is 0 Å². The Morgan fingerprint density at radius 1 is 0.464 bits per heavy atom. The van der Waals surface area contributed by atoms with Crippen molar-refractivity contribution in [2.24, 2.45) is 5.92 Å². The predicted octanol–water partition coefficient (Wildman–Crippen LogP) is 14.0. The standard InChI is InChI=1S/C55H43N/c1-5-15-40(16-6-1)42-29-34-49(35-30-42)56(48-21-11-4-12-22-48)50-36-31-43(32-37-50)41-25-27-44(28-26-41)45-33-38-54-52(39-45)51-23-13-14-24-53(51)55(54,46-17-7-2-8-18-46)47-19-9-3-10-20-47/h1-31,33-37,39,43,54H,32,38H2. The molecule has 0 bridgehead atoms. The second-order valence-corrected chi connectivity index (χ2v) is 15.2. The summed E-state index contributed by atoms with van der Waals surface area (Å²) in [6.07, 6.45) is 14.0. The van der Waals surface area contributed by atoms with Crippen molar-refractivity contribution in [2.45, 2.75) is 24.2 Å². The van der Waals surface area contributed by atoms with Gasteiger partial charge in [-0.15, -0.1) is 0 Å². The topological polar surface area (TPSA) is 3.24 Å². The first-order valence-corrected chi connectivity index (χ1v) is 19.9. The quantitative estimate of drug-likeness (QED) is 0.151. The summed E-state index contributed by atoms with van der Waals surface area (Å²) in [6, 6.07) is 71.0. The van der Waals surface area contributed by atoms with E-state index in [1.54, 1.807) is 0 Å². The summed E-state index contributed by atoms with van der Waals surface area (Å²) < 4.78 is 0. The summed E-state index contributed by atoms with van der Waals surface area (Å²) in [5, 5.41) is 0. The molecule has 3 aliphatic carbocycles. The van der Waals surface area contributed by atoms with E-state index in [0.717, 1.165) is 24.2 Å². The van der Waals surface area contributed by atoms with Crippen molar-refractivity contribution in [3.05, 3.63) is 264 Å². The molecule has 10 rings (SSSR count). The van der Waals surface area contributed by atoms with Crippen LogP contribution in [0.4, 0.5) is 11.4 Å². The minimum atomic E-state index is -0.238. The second-order valence-electron chi connectivity index (χ2n) is 15.2. The van der Waals surface area contributed by atoms with Crippen LogP contribution >= 0.6 is 0 Å². The number of anilines is 2. The van der Waals surface area contributed by atoms with E-state index in [0.29, 0.717) is 11.8 Å². The molecule has 0 amide bonds. The van der Waals surface area contributed by atoms with E-state index in [2.05, 4.69) is 229 Å². The Balaban J connectivity index is 0.914. The number of fused-ring (bicyclic) bond motifs is 3. The molecule has 3 aliphatic rings. The van der Waals surface area contributed by atoms with Crippen LogP contribution in [0, 0.1) is 5.92 Å². The summed E-state index contributed by atoms with van der Waals surface area (Å²) >= 11 is 0. The molecular formula is C55H43N. The number of allylic oxidation sites excluding steroid dienone is 7. The molecule has 1 heteroatoms. The van der Waals surface area contributed by atoms with E-state index < -0.39 is 0 Å². The van der Waals surface area contributed by atoms with Crippen LogP contribution < -0.4 is 4.90 Å². The molecule has 0 saturated heterocycles. The van der Waals surface area contributed by atoms with Crippen molar-refractivity contribution in [3.8, 4) is 11.1 Å². The van der Waals surface area contributed by atoms with Gasteiger partial charge in [0.25, 0.3) is 0 Å². The van der Waals surface area contributed by atoms with Crippen molar-refractivity contribution in [3.63, 3.8) is 0 Å². The molecule has 0 heterocycles. The summed E-state index contributed by atoms with van der Waals surface area (Å²) in [7, 11) is 0. The largest absolute Gasteiger partial charge is 0.311 e. The van der Waals surface area contributed by atoms with Crippen LogP contribution in [0.25, 0.3) is 22.3 Å². The normalized spacial score (nSPS) is 17.9. The summed E-state index contributed by atoms with van der Waals surface area (Å²) in [4.78, 5) is 2.37. The molecule has 0 radical (unpaired) electrons. The minimum absolute atomic E-state index is 0.238. The highest BCUT2D eigenvalue weighted by Crippen LogP contribution is 2.60. The van der Waals surface area contributed by atoms with Crippen LogP contribution in [0.15, 0.2) is 230 Å². The molecule has 2 atom stereocenters. The first-order chi connectivity index (χ1) is 27.8. The molecule has 1 nitrogen and oxygen atoms in total. The molecule has 7 aromatic carbocycles. The van der Waals surface area contributed by atoms with Crippen LogP contribution in [0.5, 0.6) is 0 Å². The van der Waals surface area contributed by atoms with Gasteiger partial charge in [-0.1, -0.05) is 194 Å². The van der Waals surface area contributed by atoms with Gasteiger partial charge < -0.3 is 4.90 Å². The fraction of sp³-hybridized carbons (Fsp3) is 0.0909. The monoisotopic (exact) mass is 717 g/mol. The van der Waals surface area contributed by atoms with Crippen molar-refractivity contribution in [1.29, 1.82) is 0 Å². The number of nitrogens with zero attached hydrogens (tertiary/aromatic N) is 1. The number of benzene rings is 7.